The Morgan fingerprint density at radius 3 is 2.92 bits per heavy atom. The van der Waals surface area contributed by atoms with Gasteiger partial charge in [0.2, 0.25) is 0 Å². The van der Waals surface area contributed by atoms with Gasteiger partial charge >= 0.3 is 0 Å². The lowest BCUT2D eigenvalue weighted by molar-refractivity contribution is 0.0923. The molecule has 2 aromatic heterocycles. The molecule has 1 N–H and O–H groups in total. The Bertz CT molecular complexity index is 787. The van der Waals surface area contributed by atoms with E-state index in [4.69, 9.17) is 0 Å². The van der Waals surface area contributed by atoms with Crippen LogP contribution in [0.1, 0.15) is 29.0 Å². The average molecular weight is 327 g/mol. The van der Waals surface area contributed by atoms with Crippen LogP contribution in [0.25, 0.3) is 0 Å². The SMILES string of the molecule is Cc1cc(=O)cc(C(=O)N[C@@H]2CCCN(c3cnccn3)C2)n1C. The monoisotopic (exact) mass is 327 g/mol. The molecule has 0 aliphatic carbocycles. The topological polar surface area (TPSA) is 80.1 Å². The van der Waals surface area contributed by atoms with Crippen LogP contribution < -0.4 is 15.6 Å². The van der Waals surface area contributed by atoms with E-state index in [1.165, 1.54) is 12.1 Å². The third kappa shape index (κ3) is 3.45. The Morgan fingerprint density at radius 1 is 1.33 bits per heavy atom. The van der Waals surface area contributed by atoms with Crippen molar-refractivity contribution in [3.8, 4) is 0 Å². The molecule has 0 unspecified atom stereocenters. The molecule has 3 rings (SSSR count). The predicted octanol–water partition coefficient (Wildman–Crippen LogP) is 0.883. The maximum absolute atomic E-state index is 12.6. The van der Waals surface area contributed by atoms with Crippen LogP contribution in [0.3, 0.4) is 0 Å². The number of nitrogens with one attached hydrogen (secondary N) is 1. The highest BCUT2D eigenvalue weighted by Gasteiger charge is 2.23. The van der Waals surface area contributed by atoms with E-state index in [9.17, 15) is 9.59 Å². The predicted molar refractivity (Wildman–Crippen MR) is 91.2 cm³/mol. The standard InChI is InChI=1S/C17H21N5O2/c1-12-8-14(23)9-15(21(12)2)17(24)20-13-4-3-7-22(11-13)16-10-18-5-6-19-16/h5-6,8-10,13H,3-4,7,11H2,1-2H3,(H,20,24)/t13-/m1/s1. The first-order chi connectivity index (χ1) is 11.5. The molecule has 1 aliphatic heterocycles. The van der Waals surface area contributed by atoms with Crippen molar-refractivity contribution >= 4 is 11.7 Å². The van der Waals surface area contributed by atoms with Crippen molar-refractivity contribution in [3.05, 3.63) is 52.3 Å². The van der Waals surface area contributed by atoms with E-state index in [-0.39, 0.29) is 17.4 Å². The highest BCUT2D eigenvalue weighted by Crippen LogP contribution is 2.16. The number of hydrogen-bond donors (Lipinski definition) is 1. The van der Waals surface area contributed by atoms with E-state index in [2.05, 4.69) is 20.2 Å². The number of rotatable bonds is 3. The van der Waals surface area contributed by atoms with Crippen molar-refractivity contribution < 1.29 is 4.79 Å². The van der Waals surface area contributed by atoms with E-state index >= 15 is 0 Å². The first kappa shape index (κ1) is 16.2. The van der Waals surface area contributed by atoms with Crippen LogP contribution in [0.15, 0.2) is 35.5 Å². The Labute approximate surface area is 140 Å². The molecule has 3 heterocycles. The van der Waals surface area contributed by atoms with Gasteiger partial charge < -0.3 is 14.8 Å². The zero-order chi connectivity index (χ0) is 17.1. The molecule has 1 aliphatic rings. The average Bonchev–Trinajstić information content (AvgIpc) is 2.59. The Kier molecular flexibility index (Phi) is 4.59. The Hall–Kier alpha value is -2.70. The van der Waals surface area contributed by atoms with Gasteiger partial charge in [-0.25, -0.2) is 4.98 Å². The minimum atomic E-state index is -0.218. The summed E-state index contributed by atoms with van der Waals surface area (Å²) < 4.78 is 1.74. The molecular weight excluding hydrogens is 306 g/mol. The van der Waals surface area contributed by atoms with Crippen molar-refractivity contribution in [1.82, 2.24) is 19.9 Å². The molecule has 0 radical (unpaired) electrons. The lowest BCUT2D eigenvalue weighted by Gasteiger charge is -2.33. The number of hydrogen-bond acceptors (Lipinski definition) is 5. The summed E-state index contributed by atoms with van der Waals surface area (Å²) in [6, 6.07) is 2.92. The lowest BCUT2D eigenvalue weighted by atomic mass is 10.1. The van der Waals surface area contributed by atoms with Gasteiger partial charge in [0.25, 0.3) is 5.91 Å². The molecule has 2 aromatic rings. The second kappa shape index (κ2) is 6.82. The number of nitrogens with zero attached hydrogens (tertiary/aromatic N) is 4. The molecule has 1 atom stereocenters. The summed E-state index contributed by atoms with van der Waals surface area (Å²) >= 11 is 0. The van der Waals surface area contributed by atoms with E-state index < -0.39 is 0 Å². The van der Waals surface area contributed by atoms with Gasteiger partial charge in [-0.2, -0.15) is 0 Å². The van der Waals surface area contributed by atoms with Gasteiger partial charge in [-0.3, -0.25) is 14.6 Å². The minimum absolute atomic E-state index is 0.0175. The number of pyridine rings is 1. The molecule has 7 heteroatoms. The van der Waals surface area contributed by atoms with Crippen molar-refractivity contribution in [1.29, 1.82) is 0 Å². The number of amides is 1. The Morgan fingerprint density at radius 2 is 2.17 bits per heavy atom. The molecule has 0 bridgehead atoms. The largest absolute Gasteiger partial charge is 0.353 e. The highest BCUT2D eigenvalue weighted by molar-refractivity contribution is 5.92. The van der Waals surface area contributed by atoms with Crippen molar-refractivity contribution in [2.45, 2.75) is 25.8 Å². The number of carbonyl (C=O) groups excluding carboxylic acids is 1. The van der Waals surface area contributed by atoms with Crippen molar-refractivity contribution in [2.24, 2.45) is 7.05 Å². The fourth-order valence-corrected chi connectivity index (χ4v) is 3.00. The first-order valence-corrected chi connectivity index (χ1v) is 8.04. The fraction of sp³-hybridized carbons (Fsp3) is 0.412. The molecular formula is C17H21N5O2. The third-order valence-electron chi connectivity index (χ3n) is 4.38. The fourth-order valence-electron chi connectivity index (χ4n) is 3.00. The third-order valence-corrected chi connectivity index (χ3v) is 4.38. The zero-order valence-corrected chi connectivity index (χ0v) is 13.9. The number of anilines is 1. The summed E-state index contributed by atoms with van der Waals surface area (Å²) in [6.45, 7) is 3.40. The van der Waals surface area contributed by atoms with Crippen molar-refractivity contribution in [3.63, 3.8) is 0 Å². The van der Waals surface area contributed by atoms with E-state index in [0.29, 0.717) is 12.2 Å². The van der Waals surface area contributed by atoms with E-state index in [1.54, 1.807) is 30.2 Å². The summed E-state index contributed by atoms with van der Waals surface area (Å²) in [7, 11) is 1.79. The van der Waals surface area contributed by atoms with Gasteiger partial charge in [-0.05, 0) is 19.8 Å². The number of aromatic nitrogens is 3. The maximum Gasteiger partial charge on any atom is 0.268 e. The number of aryl methyl sites for hydroxylation is 1. The van der Waals surface area contributed by atoms with Crippen LogP contribution in [-0.4, -0.2) is 39.6 Å². The summed E-state index contributed by atoms with van der Waals surface area (Å²) in [6.07, 6.45) is 6.91. The normalized spacial score (nSPS) is 17.6. The van der Waals surface area contributed by atoms with Crippen LogP contribution in [0.5, 0.6) is 0 Å². The molecule has 0 spiro atoms. The minimum Gasteiger partial charge on any atom is -0.353 e. The van der Waals surface area contributed by atoms with E-state index in [0.717, 1.165) is 30.9 Å². The second-order valence-electron chi connectivity index (χ2n) is 6.10. The number of carbonyl (C=O) groups is 1. The summed E-state index contributed by atoms with van der Waals surface area (Å²) in [5, 5.41) is 3.04. The van der Waals surface area contributed by atoms with Gasteiger partial charge in [0, 0.05) is 56.4 Å². The Balaban J connectivity index is 1.72. The summed E-state index contributed by atoms with van der Waals surface area (Å²) in [5.74, 6) is 0.601. The molecule has 1 saturated heterocycles. The van der Waals surface area contributed by atoms with Crippen LogP contribution >= 0.6 is 0 Å². The van der Waals surface area contributed by atoms with Gasteiger partial charge in [0.1, 0.15) is 11.5 Å². The highest BCUT2D eigenvalue weighted by atomic mass is 16.2. The zero-order valence-electron chi connectivity index (χ0n) is 13.9. The maximum atomic E-state index is 12.6. The van der Waals surface area contributed by atoms with Gasteiger partial charge in [0.15, 0.2) is 5.43 Å². The van der Waals surface area contributed by atoms with Crippen LogP contribution in [0.4, 0.5) is 5.82 Å². The molecule has 7 nitrogen and oxygen atoms in total. The van der Waals surface area contributed by atoms with Crippen molar-refractivity contribution in [2.75, 3.05) is 18.0 Å². The first-order valence-electron chi connectivity index (χ1n) is 8.04. The number of piperidine rings is 1. The van der Waals surface area contributed by atoms with Gasteiger partial charge in [-0.1, -0.05) is 0 Å². The molecule has 0 aromatic carbocycles. The smallest absolute Gasteiger partial charge is 0.268 e. The summed E-state index contributed by atoms with van der Waals surface area (Å²) in [5.41, 5.74) is 0.995. The molecule has 0 saturated carbocycles. The summed E-state index contributed by atoms with van der Waals surface area (Å²) in [4.78, 5) is 34.8. The molecule has 24 heavy (non-hydrogen) atoms. The van der Waals surface area contributed by atoms with Gasteiger partial charge in [-0.15, -0.1) is 0 Å². The second-order valence-corrected chi connectivity index (χ2v) is 6.10. The van der Waals surface area contributed by atoms with Crippen LogP contribution in [0.2, 0.25) is 0 Å². The van der Waals surface area contributed by atoms with E-state index in [1.807, 2.05) is 6.92 Å². The van der Waals surface area contributed by atoms with Gasteiger partial charge in [0.05, 0.1) is 6.20 Å². The van der Waals surface area contributed by atoms with Crippen LogP contribution in [0, 0.1) is 6.92 Å². The molecule has 126 valence electrons. The molecule has 1 fully saturated rings. The van der Waals surface area contributed by atoms with Crippen LogP contribution in [-0.2, 0) is 7.05 Å². The quantitative estimate of drug-likeness (QED) is 0.905. The molecule has 1 amide bonds. The lowest BCUT2D eigenvalue weighted by Crippen LogP contribution is -2.48.